The normalized spacial score (nSPS) is 13.1. The number of amides is 5. The summed E-state index contributed by atoms with van der Waals surface area (Å²) in [5.74, 6) is -6.41. The van der Waals surface area contributed by atoms with Gasteiger partial charge in [-0.3, -0.25) is 34.0 Å². The lowest BCUT2D eigenvalue weighted by Crippen LogP contribution is -2.59. The number of nitrogens with two attached hydrogens (primary N) is 6. The van der Waals surface area contributed by atoms with E-state index in [1.165, 1.54) is 30.3 Å². The van der Waals surface area contributed by atoms with Gasteiger partial charge in [0, 0.05) is 32.0 Å². The van der Waals surface area contributed by atoms with Gasteiger partial charge in [0.25, 0.3) is 0 Å². The first-order valence-electron chi connectivity index (χ1n) is 21.8. The molecule has 68 heavy (non-hydrogen) atoms. The zero-order valence-electron chi connectivity index (χ0n) is 38.1. The number of carbonyl (C=O) groups excluding carboxylic acids is 5. The lowest BCUT2D eigenvalue weighted by Gasteiger charge is -2.28. The van der Waals surface area contributed by atoms with Crippen molar-refractivity contribution < 1.29 is 38.3 Å². The fourth-order valence-corrected chi connectivity index (χ4v) is 6.65. The largest absolute Gasteiger partial charge is 0.480 e. The minimum absolute atomic E-state index is 0.0345. The number of carboxylic acids is 1. The van der Waals surface area contributed by atoms with Crippen molar-refractivity contribution in [3.05, 3.63) is 107 Å². The van der Waals surface area contributed by atoms with Crippen molar-refractivity contribution in [2.45, 2.75) is 89.0 Å². The standard InChI is InChI=1S/C46H63FN14O7/c1-27(2)24-35(40(64)58-33(10-6-22-54-44(48)49)39(63)59-34(43(67)68)11-7-23-55-45(50)51)60-42(66)37(26-30-14-19-32(20-15-30)56-46(52)53)61-41(65)36(25-29-12-17-31(47)18-13-29)57-38(62)21-16-28-8-4-3-5-9-28/h3-5,8-9,12-21,27,33-37H,6-7,10-11,22-26H2,1-2H3,(H,57,62)(H,58,64)(H,59,63)(H,60,66)(H,61,65)(H,67,68)(H4,48,49,54)(H4,50,51,55)(H4,52,53,56)/b21-16+/t33-,34-,35-,36-,37-/m0/s1. The highest BCUT2D eigenvalue weighted by Gasteiger charge is 2.33. The molecule has 3 aromatic rings. The Morgan fingerprint density at radius 3 is 1.56 bits per heavy atom. The quantitative estimate of drug-likeness (QED) is 0.0206. The lowest BCUT2D eigenvalue weighted by atomic mass is 9.99. The van der Waals surface area contributed by atoms with Crippen LogP contribution in [0.25, 0.3) is 6.08 Å². The molecular weight excluding hydrogens is 880 g/mol. The fourth-order valence-electron chi connectivity index (χ4n) is 6.65. The highest BCUT2D eigenvalue weighted by molar-refractivity contribution is 5.98. The van der Waals surface area contributed by atoms with E-state index in [1.807, 2.05) is 6.07 Å². The number of guanidine groups is 3. The highest BCUT2D eigenvalue weighted by Crippen LogP contribution is 2.16. The van der Waals surface area contributed by atoms with Crippen LogP contribution in [0.4, 0.5) is 10.1 Å². The highest BCUT2D eigenvalue weighted by atomic mass is 19.1. The van der Waals surface area contributed by atoms with Crippen LogP contribution >= 0.6 is 0 Å². The summed E-state index contributed by atoms with van der Waals surface area (Å²) in [6.45, 7) is 3.79. The molecule has 3 rings (SSSR count). The van der Waals surface area contributed by atoms with Crippen LogP contribution < -0.4 is 61.0 Å². The minimum Gasteiger partial charge on any atom is -0.480 e. The van der Waals surface area contributed by atoms with Crippen LogP contribution in [0, 0.1) is 11.7 Å². The zero-order valence-corrected chi connectivity index (χ0v) is 38.1. The van der Waals surface area contributed by atoms with Crippen LogP contribution in [0.2, 0.25) is 0 Å². The topological polar surface area (TPSA) is 376 Å². The Balaban J connectivity index is 1.97. The number of rotatable bonds is 27. The van der Waals surface area contributed by atoms with Gasteiger partial charge in [0.1, 0.15) is 36.0 Å². The summed E-state index contributed by atoms with van der Waals surface area (Å²) >= 11 is 0. The average Bonchev–Trinajstić information content (AvgIpc) is 3.27. The van der Waals surface area contributed by atoms with Gasteiger partial charge in [-0.05, 0) is 85.1 Å². The summed E-state index contributed by atoms with van der Waals surface area (Å²) in [5.41, 5.74) is 34.9. The number of aliphatic carboxylic acids is 1. The number of nitrogens with zero attached hydrogens (tertiary/aromatic N) is 3. The van der Waals surface area contributed by atoms with E-state index in [2.05, 4.69) is 41.6 Å². The second-order valence-corrected chi connectivity index (χ2v) is 16.2. The number of hydrogen-bond acceptors (Lipinski definition) is 9. The van der Waals surface area contributed by atoms with Crippen LogP contribution in [0.15, 0.2) is 99.9 Å². The number of halogens is 1. The molecule has 0 saturated heterocycles. The molecule has 0 aliphatic heterocycles. The molecule has 5 atom stereocenters. The number of hydrogen-bond donors (Lipinski definition) is 12. The molecule has 0 aromatic heterocycles. The maximum absolute atomic E-state index is 14.5. The molecule has 0 heterocycles. The maximum Gasteiger partial charge on any atom is 0.326 e. The van der Waals surface area contributed by atoms with Crippen LogP contribution in [0.5, 0.6) is 0 Å². The second kappa shape index (κ2) is 28.1. The molecule has 0 aliphatic rings. The summed E-state index contributed by atoms with van der Waals surface area (Å²) < 4.78 is 13.9. The van der Waals surface area contributed by atoms with Gasteiger partial charge in [-0.25, -0.2) is 14.2 Å². The molecule has 0 unspecified atom stereocenters. The van der Waals surface area contributed by atoms with E-state index in [0.717, 1.165) is 5.56 Å². The SMILES string of the molecule is CC(C)C[C@H](NC(=O)[C@H](Cc1ccc(N=C(N)N)cc1)NC(=O)[C@H](Cc1ccc(F)cc1)NC(=O)/C=C/c1ccccc1)C(=O)N[C@@H](CCCN=C(N)N)C(=O)N[C@@H](CCCN=C(N)N)C(=O)O. The van der Waals surface area contributed by atoms with E-state index in [-0.39, 0.29) is 81.8 Å². The molecule has 0 bridgehead atoms. The van der Waals surface area contributed by atoms with E-state index in [0.29, 0.717) is 16.8 Å². The molecule has 0 spiro atoms. The van der Waals surface area contributed by atoms with Gasteiger partial charge >= 0.3 is 5.97 Å². The molecule has 21 nitrogen and oxygen atoms in total. The smallest absolute Gasteiger partial charge is 0.326 e. The van der Waals surface area contributed by atoms with Gasteiger partial charge in [0.05, 0.1) is 5.69 Å². The Labute approximate surface area is 393 Å². The van der Waals surface area contributed by atoms with Crippen molar-refractivity contribution in [1.29, 1.82) is 0 Å². The summed E-state index contributed by atoms with van der Waals surface area (Å²) in [6, 6.07) is 14.2. The third kappa shape index (κ3) is 20.9. The Hall–Kier alpha value is -8.04. The summed E-state index contributed by atoms with van der Waals surface area (Å²) in [4.78, 5) is 93.8. The van der Waals surface area contributed by atoms with Crippen LogP contribution in [0.1, 0.15) is 62.6 Å². The van der Waals surface area contributed by atoms with E-state index in [1.54, 1.807) is 68.5 Å². The monoisotopic (exact) mass is 942 g/mol. The van der Waals surface area contributed by atoms with E-state index in [4.69, 9.17) is 34.4 Å². The first-order chi connectivity index (χ1) is 32.3. The number of nitrogens with one attached hydrogen (secondary N) is 5. The van der Waals surface area contributed by atoms with Gasteiger partial charge < -0.3 is 66.1 Å². The average molecular weight is 943 g/mol. The van der Waals surface area contributed by atoms with Gasteiger partial charge in [-0.1, -0.05) is 68.4 Å². The van der Waals surface area contributed by atoms with Crippen molar-refractivity contribution in [3.8, 4) is 0 Å². The Morgan fingerprint density at radius 2 is 1.04 bits per heavy atom. The number of carboxylic acid groups (broad SMARTS) is 1. The predicted molar refractivity (Wildman–Crippen MR) is 258 cm³/mol. The summed E-state index contributed by atoms with van der Waals surface area (Å²) in [6.07, 6.45) is 2.98. The summed E-state index contributed by atoms with van der Waals surface area (Å²) in [7, 11) is 0. The predicted octanol–water partition coefficient (Wildman–Crippen LogP) is -0.109. The van der Waals surface area contributed by atoms with Crippen molar-refractivity contribution in [2.24, 2.45) is 55.3 Å². The van der Waals surface area contributed by atoms with E-state index < -0.39 is 71.5 Å². The molecule has 0 aliphatic carbocycles. The molecule has 0 radical (unpaired) electrons. The molecule has 22 heteroatoms. The van der Waals surface area contributed by atoms with Gasteiger partial charge in [-0.15, -0.1) is 0 Å². The Morgan fingerprint density at radius 1 is 0.588 bits per heavy atom. The van der Waals surface area contributed by atoms with Crippen molar-refractivity contribution in [1.82, 2.24) is 26.6 Å². The molecule has 3 aromatic carbocycles. The number of benzene rings is 3. The molecule has 5 amide bonds. The minimum atomic E-state index is -1.37. The zero-order chi connectivity index (χ0) is 50.2. The third-order valence-corrected chi connectivity index (χ3v) is 9.96. The maximum atomic E-state index is 14.5. The van der Waals surface area contributed by atoms with Gasteiger partial charge in [-0.2, -0.15) is 0 Å². The number of aliphatic imine (C=N–C) groups is 3. The third-order valence-electron chi connectivity index (χ3n) is 9.96. The summed E-state index contributed by atoms with van der Waals surface area (Å²) in [5, 5.41) is 23.2. The first-order valence-corrected chi connectivity index (χ1v) is 21.8. The van der Waals surface area contributed by atoms with Crippen LogP contribution in [-0.4, -0.2) is 102 Å². The van der Waals surface area contributed by atoms with Gasteiger partial charge in [0.15, 0.2) is 17.9 Å². The van der Waals surface area contributed by atoms with Crippen LogP contribution in [-0.2, 0) is 41.6 Å². The van der Waals surface area contributed by atoms with Crippen molar-refractivity contribution in [2.75, 3.05) is 13.1 Å². The fraction of sp³-hybridized carbons (Fsp3) is 0.370. The van der Waals surface area contributed by atoms with Crippen LogP contribution in [0.3, 0.4) is 0 Å². The lowest BCUT2D eigenvalue weighted by molar-refractivity contribution is -0.142. The molecule has 0 saturated carbocycles. The van der Waals surface area contributed by atoms with E-state index >= 15 is 0 Å². The second-order valence-electron chi connectivity index (χ2n) is 16.2. The Bertz CT molecular complexity index is 2260. The molecule has 18 N–H and O–H groups in total. The molecule has 366 valence electrons. The van der Waals surface area contributed by atoms with Crippen molar-refractivity contribution >= 4 is 65.1 Å². The molecule has 0 fully saturated rings. The molecular formula is C46H63FN14O7. The Kier molecular flexibility index (Phi) is 22.4. The van der Waals surface area contributed by atoms with E-state index in [9.17, 15) is 38.3 Å². The van der Waals surface area contributed by atoms with Crippen molar-refractivity contribution in [3.63, 3.8) is 0 Å². The first kappa shape index (κ1) is 54.3. The van der Waals surface area contributed by atoms with Gasteiger partial charge in [0.2, 0.25) is 29.5 Å². The number of carbonyl (C=O) groups is 6.